The fraction of sp³-hybridized carbons (Fsp3) is 0.818. The lowest BCUT2D eigenvalue weighted by Crippen LogP contribution is -2.51. The molecular formula is C11H22N2O2. The molecule has 0 bridgehead atoms. The molecule has 0 saturated carbocycles. The number of amides is 1. The molecule has 0 radical (unpaired) electrons. The molecule has 0 aromatic rings. The topological polar surface area (TPSA) is 58.2 Å². The molecular weight excluding hydrogens is 192 g/mol. The first-order chi connectivity index (χ1) is 6.86. The average molecular weight is 214 g/mol. The van der Waals surface area contributed by atoms with Crippen molar-refractivity contribution in [1.29, 1.82) is 0 Å². The Balaban J connectivity index is 4.43. The molecule has 0 unspecified atom stereocenters. The highest BCUT2D eigenvalue weighted by Crippen LogP contribution is 2.17. The molecule has 0 aliphatic heterocycles. The Bertz CT molecular complexity index is 217. The van der Waals surface area contributed by atoms with Gasteiger partial charge in [0.25, 0.3) is 0 Å². The first-order valence-corrected chi connectivity index (χ1v) is 5.29. The zero-order chi connectivity index (χ0) is 12.1. The predicted molar refractivity (Wildman–Crippen MR) is 60.6 cm³/mol. The second kappa shape index (κ2) is 5.85. The molecule has 0 fully saturated rings. The summed E-state index contributed by atoms with van der Waals surface area (Å²) in [6, 6.07) is -0.665. The zero-order valence-electron chi connectivity index (χ0n) is 10.3. The molecule has 0 aliphatic carbocycles. The van der Waals surface area contributed by atoms with Crippen LogP contribution >= 0.6 is 0 Å². The summed E-state index contributed by atoms with van der Waals surface area (Å²) in [6.45, 7) is 7.69. The smallest absolute Gasteiger partial charge is 0.237 e. The fourth-order valence-corrected chi connectivity index (χ4v) is 1.23. The number of nitrogens with one attached hydrogen (secondary N) is 2. The third-order valence-electron chi connectivity index (χ3n) is 2.44. The Morgan fingerprint density at radius 2 is 1.93 bits per heavy atom. The van der Waals surface area contributed by atoms with Gasteiger partial charge in [-0.05, 0) is 18.9 Å². The predicted octanol–water partition coefficient (Wildman–Crippen LogP) is 0.714. The standard InChI is InChI=1S/C11H22N2O2/c1-6-8(12-5)10(15)13-9(7-14)11(2,3)4/h7-9,12H,6H2,1-5H3,(H,13,15)/t8-,9+/m0/s1. The summed E-state index contributed by atoms with van der Waals surface area (Å²) in [5, 5.41) is 5.64. The van der Waals surface area contributed by atoms with E-state index in [0.29, 0.717) is 6.42 Å². The largest absolute Gasteiger partial charge is 0.345 e. The highest BCUT2D eigenvalue weighted by molar-refractivity contribution is 5.84. The van der Waals surface area contributed by atoms with E-state index in [0.717, 1.165) is 6.29 Å². The van der Waals surface area contributed by atoms with Gasteiger partial charge in [0.15, 0.2) is 0 Å². The maximum atomic E-state index is 11.7. The van der Waals surface area contributed by atoms with Crippen LogP contribution in [-0.2, 0) is 9.59 Å². The second-order valence-electron chi connectivity index (χ2n) is 4.74. The van der Waals surface area contributed by atoms with Gasteiger partial charge in [-0.1, -0.05) is 27.7 Å². The Labute approximate surface area is 91.8 Å². The van der Waals surface area contributed by atoms with Crippen molar-refractivity contribution in [3.8, 4) is 0 Å². The molecule has 0 rings (SSSR count). The van der Waals surface area contributed by atoms with Crippen molar-refractivity contribution in [2.24, 2.45) is 5.41 Å². The van der Waals surface area contributed by atoms with Gasteiger partial charge in [-0.3, -0.25) is 4.79 Å². The van der Waals surface area contributed by atoms with Gasteiger partial charge < -0.3 is 15.4 Å². The summed E-state index contributed by atoms with van der Waals surface area (Å²) in [4.78, 5) is 22.5. The molecule has 0 saturated heterocycles. The van der Waals surface area contributed by atoms with Gasteiger partial charge in [0.2, 0.25) is 5.91 Å². The molecule has 1 amide bonds. The molecule has 88 valence electrons. The number of carbonyl (C=O) groups is 2. The lowest BCUT2D eigenvalue weighted by atomic mass is 9.87. The van der Waals surface area contributed by atoms with E-state index in [4.69, 9.17) is 0 Å². The van der Waals surface area contributed by atoms with Gasteiger partial charge >= 0.3 is 0 Å². The average Bonchev–Trinajstić information content (AvgIpc) is 2.14. The number of aldehydes is 1. The van der Waals surface area contributed by atoms with Crippen LogP contribution < -0.4 is 10.6 Å². The monoisotopic (exact) mass is 214 g/mol. The molecule has 4 heteroatoms. The van der Waals surface area contributed by atoms with Crippen LogP contribution in [0.15, 0.2) is 0 Å². The summed E-state index contributed by atoms with van der Waals surface area (Å²) in [6.07, 6.45) is 1.50. The van der Waals surface area contributed by atoms with Gasteiger partial charge in [-0.25, -0.2) is 0 Å². The molecule has 0 aromatic carbocycles. The van der Waals surface area contributed by atoms with Crippen LogP contribution in [0.1, 0.15) is 34.1 Å². The number of rotatable bonds is 5. The van der Waals surface area contributed by atoms with Crippen molar-refractivity contribution in [2.45, 2.75) is 46.2 Å². The van der Waals surface area contributed by atoms with Crippen LogP contribution in [0.2, 0.25) is 0 Å². The fourth-order valence-electron chi connectivity index (χ4n) is 1.23. The molecule has 2 N–H and O–H groups in total. The highest BCUT2D eigenvalue weighted by atomic mass is 16.2. The molecule has 0 aromatic heterocycles. The normalized spacial score (nSPS) is 15.5. The van der Waals surface area contributed by atoms with Crippen LogP contribution in [0.3, 0.4) is 0 Å². The van der Waals surface area contributed by atoms with Gasteiger partial charge in [0, 0.05) is 0 Å². The van der Waals surface area contributed by atoms with Gasteiger partial charge in [-0.2, -0.15) is 0 Å². The van der Waals surface area contributed by atoms with Crippen LogP contribution in [0.5, 0.6) is 0 Å². The third kappa shape index (κ3) is 4.42. The van der Waals surface area contributed by atoms with Crippen molar-refractivity contribution >= 4 is 12.2 Å². The van der Waals surface area contributed by atoms with E-state index < -0.39 is 6.04 Å². The SMILES string of the molecule is CC[C@H](NC)C(=O)N[C@H](C=O)C(C)(C)C. The summed E-state index contributed by atoms with van der Waals surface area (Å²) >= 11 is 0. The minimum Gasteiger partial charge on any atom is -0.345 e. The molecule has 0 aliphatic rings. The number of carbonyl (C=O) groups excluding carboxylic acids is 2. The van der Waals surface area contributed by atoms with Gasteiger partial charge in [0.1, 0.15) is 6.29 Å². The Kier molecular flexibility index (Phi) is 5.50. The Morgan fingerprint density at radius 1 is 1.40 bits per heavy atom. The molecule has 0 heterocycles. The molecule has 15 heavy (non-hydrogen) atoms. The van der Waals surface area contributed by atoms with Crippen molar-refractivity contribution in [2.75, 3.05) is 7.05 Å². The van der Waals surface area contributed by atoms with Crippen molar-refractivity contribution in [3.05, 3.63) is 0 Å². The lowest BCUT2D eigenvalue weighted by Gasteiger charge is -2.28. The van der Waals surface area contributed by atoms with E-state index in [1.165, 1.54) is 0 Å². The van der Waals surface area contributed by atoms with E-state index in [-0.39, 0.29) is 17.4 Å². The van der Waals surface area contributed by atoms with Crippen LogP contribution in [0.25, 0.3) is 0 Å². The summed E-state index contributed by atoms with van der Waals surface area (Å²) in [7, 11) is 1.74. The van der Waals surface area contributed by atoms with Crippen molar-refractivity contribution in [3.63, 3.8) is 0 Å². The Hall–Kier alpha value is -0.900. The summed E-state index contributed by atoms with van der Waals surface area (Å²) < 4.78 is 0. The maximum Gasteiger partial charge on any atom is 0.237 e. The number of likely N-dealkylation sites (N-methyl/N-ethyl adjacent to an activating group) is 1. The summed E-state index contributed by atoms with van der Waals surface area (Å²) in [5.41, 5.74) is -0.247. The van der Waals surface area contributed by atoms with E-state index in [1.54, 1.807) is 7.05 Å². The quantitative estimate of drug-likeness (QED) is 0.663. The van der Waals surface area contributed by atoms with Crippen molar-refractivity contribution in [1.82, 2.24) is 10.6 Å². The first kappa shape index (κ1) is 14.1. The third-order valence-corrected chi connectivity index (χ3v) is 2.44. The van der Waals surface area contributed by atoms with E-state index >= 15 is 0 Å². The van der Waals surface area contributed by atoms with E-state index in [9.17, 15) is 9.59 Å². The second-order valence-corrected chi connectivity index (χ2v) is 4.74. The van der Waals surface area contributed by atoms with Crippen molar-refractivity contribution < 1.29 is 9.59 Å². The van der Waals surface area contributed by atoms with Crippen LogP contribution in [0.4, 0.5) is 0 Å². The summed E-state index contributed by atoms with van der Waals surface area (Å²) in [5.74, 6) is -0.118. The minimum atomic E-state index is -0.438. The number of hydrogen-bond acceptors (Lipinski definition) is 3. The molecule has 2 atom stereocenters. The first-order valence-electron chi connectivity index (χ1n) is 5.29. The highest BCUT2D eigenvalue weighted by Gasteiger charge is 2.27. The van der Waals surface area contributed by atoms with Crippen LogP contribution in [-0.4, -0.2) is 31.3 Å². The number of hydrogen-bond donors (Lipinski definition) is 2. The minimum absolute atomic E-state index is 0.118. The van der Waals surface area contributed by atoms with Gasteiger partial charge in [-0.15, -0.1) is 0 Å². The van der Waals surface area contributed by atoms with Crippen LogP contribution in [0, 0.1) is 5.41 Å². The lowest BCUT2D eigenvalue weighted by molar-refractivity contribution is -0.127. The molecule has 0 spiro atoms. The zero-order valence-corrected chi connectivity index (χ0v) is 10.3. The Morgan fingerprint density at radius 3 is 2.20 bits per heavy atom. The maximum absolute atomic E-state index is 11.7. The van der Waals surface area contributed by atoms with E-state index in [1.807, 2.05) is 27.7 Å². The van der Waals surface area contributed by atoms with Gasteiger partial charge in [0.05, 0.1) is 12.1 Å². The molecule has 4 nitrogen and oxygen atoms in total. The van der Waals surface area contributed by atoms with E-state index in [2.05, 4.69) is 10.6 Å².